The Bertz CT molecular complexity index is 1110. The third-order valence-electron chi connectivity index (χ3n) is 5.83. The van der Waals surface area contributed by atoms with E-state index in [1.165, 1.54) is 12.8 Å². The Labute approximate surface area is 181 Å². The summed E-state index contributed by atoms with van der Waals surface area (Å²) in [5, 5.41) is 16.9. The summed E-state index contributed by atoms with van der Waals surface area (Å²) in [6.45, 7) is 4.36. The number of hydrogen-bond donors (Lipinski definition) is 2. The molecule has 0 spiro atoms. The van der Waals surface area contributed by atoms with Crippen LogP contribution in [0, 0.1) is 0 Å². The number of methoxy groups -OCH3 is 1. The number of aromatic nitrogens is 3. The van der Waals surface area contributed by atoms with Crippen LogP contribution in [0.2, 0.25) is 0 Å². The number of hydrogen-bond acceptors (Lipinski definition) is 5. The molecule has 0 atom stereocenters. The minimum atomic E-state index is -0.292. The normalized spacial score (nSPS) is 14.3. The SMILES string of the molecule is COc1cc(Cn2c(-c3ccc(O)c(C(C)C)c3)n[nH]c2=O)ccc1OC1CCCC1. The molecule has 31 heavy (non-hydrogen) atoms. The Morgan fingerprint density at radius 2 is 1.94 bits per heavy atom. The van der Waals surface area contributed by atoms with Crippen molar-refractivity contribution in [2.75, 3.05) is 7.11 Å². The van der Waals surface area contributed by atoms with E-state index in [1.807, 2.05) is 38.1 Å². The third-order valence-corrected chi connectivity index (χ3v) is 5.83. The lowest BCUT2D eigenvalue weighted by molar-refractivity contribution is 0.200. The molecule has 0 amide bonds. The molecule has 1 heterocycles. The average Bonchev–Trinajstić information content (AvgIpc) is 3.39. The standard InChI is InChI=1S/C24H29N3O4/c1-15(2)19-13-17(9-10-20(19)28)23-25-26-24(29)27(23)14-16-8-11-21(22(12-16)30-3)31-18-6-4-5-7-18/h8-13,15,18,28H,4-7,14H2,1-3H3,(H,26,29). The molecule has 164 valence electrons. The topological polar surface area (TPSA) is 89.4 Å². The van der Waals surface area contributed by atoms with Gasteiger partial charge in [-0.3, -0.25) is 4.57 Å². The first-order valence-electron chi connectivity index (χ1n) is 10.8. The summed E-state index contributed by atoms with van der Waals surface area (Å²) in [7, 11) is 1.62. The summed E-state index contributed by atoms with van der Waals surface area (Å²) in [6, 6.07) is 11.1. The Hall–Kier alpha value is -3.22. The van der Waals surface area contributed by atoms with E-state index in [0.29, 0.717) is 18.1 Å². The van der Waals surface area contributed by atoms with Crippen LogP contribution >= 0.6 is 0 Å². The van der Waals surface area contributed by atoms with Gasteiger partial charge in [-0.15, -0.1) is 0 Å². The van der Waals surface area contributed by atoms with Crippen molar-refractivity contribution in [1.82, 2.24) is 14.8 Å². The van der Waals surface area contributed by atoms with Gasteiger partial charge in [0.15, 0.2) is 17.3 Å². The Morgan fingerprint density at radius 1 is 1.16 bits per heavy atom. The van der Waals surface area contributed by atoms with Gasteiger partial charge in [0.05, 0.1) is 19.8 Å². The quantitative estimate of drug-likeness (QED) is 0.586. The molecule has 2 N–H and O–H groups in total. The first-order valence-corrected chi connectivity index (χ1v) is 10.8. The fraction of sp³-hybridized carbons (Fsp3) is 0.417. The van der Waals surface area contributed by atoms with Gasteiger partial charge >= 0.3 is 5.69 Å². The van der Waals surface area contributed by atoms with E-state index < -0.39 is 0 Å². The lowest BCUT2D eigenvalue weighted by atomic mass is 9.99. The zero-order chi connectivity index (χ0) is 22.0. The summed E-state index contributed by atoms with van der Waals surface area (Å²) in [6.07, 6.45) is 4.79. The summed E-state index contributed by atoms with van der Waals surface area (Å²) < 4.78 is 13.3. The Kier molecular flexibility index (Phi) is 6.02. The monoisotopic (exact) mass is 423 g/mol. The predicted molar refractivity (Wildman–Crippen MR) is 119 cm³/mol. The summed E-state index contributed by atoms with van der Waals surface area (Å²) >= 11 is 0. The van der Waals surface area contributed by atoms with Gasteiger partial charge in [0, 0.05) is 5.56 Å². The van der Waals surface area contributed by atoms with Gasteiger partial charge in [-0.05, 0) is 73.1 Å². The first-order chi connectivity index (χ1) is 15.0. The van der Waals surface area contributed by atoms with Gasteiger partial charge in [0.2, 0.25) is 0 Å². The molecular weight excluding hydrogens is 394 g/mol. The van der Waals surface area contributed by atoms with Crippen molar-refractivity contribution in [3.05, 3.63) is 58.0 Å². The molecule has 0 aliphatic heterocycles. The van der Waals surface area contributed by atoms with Gasteiger partial charge in [0.25, 0.3) is 0 Å². The molecule has 2 aromatic carbocycles. The second-order valence-electron chi connectivity index (χ2n) is 8.38. The number of aromatic hydroxyl groups is 1. The molecule has 1 fully saturated rings. The van der Waals surface area contributed by atoms with Crippen LogP contribution in [-0.2, 0) is 6.54 Å². The van der Waals surface area contributed by atoms with Crippen molar-refractivity contribution in [3.8, 4) is 28.6 Å². The largest absolute Gasteiger partial charge is 0.508 e. The first kappa shape index (κ1) is 21.0. The van der Waals surface area contributed by atoms with Gasteiger partial charge in [-0.25, -0.2) is 9.89 Å². The number of nitrogens with one attached hydrogen (secondary N) is 1. The minimum Gasteiger partial charge on any atom is -0.508 e. The number of phenolic OH excluding ortho intramolecular Hbond substituents is 1. The van der Waals surface area contributed by atoms with Crippen molar-refractivity contribution < 1.29 is 14.6 Å². The van der Waals surface area contributed by atoms with Crippen molar-refractivity contribution in [2.45, 2.75) is 58.1 Å². The van der Waals surface area contributed by atoms with E-state index in [-0.39, 0.29) is 23.5 Å². The molecule has 0 unspecified atom stereocenters. The number of aromatic amines is 1. The zero-order valence-electron chi connectivity index (χ0n) is 18.2. The van der Waals surface area contributed by atoms with Gasteiger partial charge in [-0.1, -0.05) is 19.9 Å². The van der Waals surface area contributed by atoms with Gasteiger partial charge in [0.1, 0.15) is 5.75 Å². The Balaban J connectivity index is 1.63. The lowest BCUT2D eigenvalue weighted by Crippen LogP contribution is -2.18. The number of ether oxygens (including phenoxy) is 2. The molecule has 0 radical (unpaired) electrons. The number of benzene rings is 2. The molecular formula is C24H29N3O4. The predicted octanol–water partition coefficient (Wildman–Crippen LogP) is 4.45. The lowest BCUT2D eigenvalue weighted by Gasteiger charge is -2.17. The molecule has 1 saturated carbocycles. The smallest absolute Gasteiger partial charge is 0.343 e. The molecule has 1 aromatic heterocycles. The maximum absolute atomic E-state index is 12.5. The highest BCUT2D eigenvalue weighted by molar-refractivity contribution is 5.59. The average molecular weight is 424 g/mol. The molecule has 7 heteroatoms. The van der Waals surface area contributed by atoms with Crippen LogP contribution in [0.1, 0.15) is 56.6 Å². The van der Waals surface area contributed by atoms with E-state index in [4.69, 9.17) is 9.47 Å². The van der Waals surface area contributed by atoms with Gasteiger partial charge in [-0.2, -0.15) is 5.10 Å². The highest BCUT2D eigenvalue weighted by Crippen LogP contribution is 2.33. The van der Waals surface area contributed by atoms with Crippen molar-refractivity contribution in [2.24, 2.45) is 0 Å². The molecule has 1 aliphatic carbocycles. The summed E-state index contributed by atoms with van der Waals surface area (Å²) in [5.41, 5.74) is 2.20. The van der Waals surface area contributed by atoms with Crippen LogP contribution < -0.4 is 15.2 Å². The minimum absolute atomic E-state index is 0.149. The van der Waals surface area contributed by atoms with Crippen molar-refractivity contribution in [3.63, 3.8) is 0 Å². The third kappa shape index (κ3) is 4.45. The molecule has 0 saturated heterocycles. The molecule has 7 nitrogen and oxygen atoms in total. The maximum atomic E-state index is 12.5. The molecule has 1 aliphatic rings. The highest BCUT2D eigenvalue weighted by Gasteiger charge is 2.19. The van der Waals surface area contributed by atoms with Crippen LogP contribution in [0.15, 0.2) is 41.2 Å². The van der Waals surface area contributed by atoms with Crippen LogP contribution in [0.25, 0.3) is 11.4 Å². The van der Waals surface area contributed by atoms with Crippen molar-refractivity contribution >= 4 is 0 Å². The zero-order valence-corrected chi connectivity index (χ0v) is 18.2. The van der Waals surface area contributed by atoms with Crippen LogP contribution in [-0.4, -0.2) is 33.1 Å². The fourth-order valence-corrected chi connectivity index (χ4v) is 4.12. The number of phenols is 1. The number of H-pyrrole nitrogens is 1. The van der Waals surface area contributed by atoms with Crippen LogP contribution in [0.3, 0.4) is 0 Å². The van der Waals surface area contributed by atoms with E-state index in [2.05, 4.69) is 10.2 Å². The molecule has 3 aromatic rings. The fourth-order valence-electron chi connectivity index (χ4n) is 4.12. The van der Waals surface area contributed by atoms with E-state index in [0.717, 1.165) is 35.3 Å². The van der Waals surface area contributed by atoms with Crippen LogP contribution in [0.4, 0.5) is 0 Å². The van der Waals surface area contributed by atoms with Gasteiger partial charge < -0.3 is 14.6 Å². The Morgan fingerprint density at radius 3 is 2.65 bits per heavy atom. The highest BCUT2D eigenvalue weighted by atomic mass is 16.5. The number of rotatable bonds is 7. The number of nitrogens with zero attached hydrogens (tertiary/aromatic N) is 2. The maximum Gasteiger partial charge on any atom is 0.343 e. The molecule has 4 rings (SSSR count). The second kappa shape index (κ2) is 8.88. The van der Waals surface area contributed by atoms with E-state index in [1.54, 1.807) is 23.8 Å². The second-order valence-corrected chi connectivity index (χ2v) is 8.38. The van der Waals surface area contributed by atoms with Crippen LogP contribution in [0.5, 0.6) is 17.2 Å². The van der Waals surface area contributed by atoms with E-state index >= 15 is 0 Å². The summed E-state index contributed by atoms with van der Waals surface area (Å²) in [5.74, 6) is 2.31. The van der Waals surface area contributed by atoms with E-state index in [9.17, 15) is 9.90 Å². The molecule has 0 bridgehead atoms. The van der Waals surface area contributed by atoms with Crippen molar-refractivity contribution in [1.29, 1.82) is 0 Å². The summed E-state index contributed by atoms with van der Waals surface area (Å²) in [4.78, 5) is 12.5.